The molecule has 1 aromatic carbocycles. The van der Waals surface area contributed by atoms with Gasteiger partial charge in [0.1, 0.15) is 6.10 Å². The predicted octanol–water partition coefficient (Wildman–Crippen LogP) is 2.27. The van der Waals surface area contributed by atoms with Crippen LogP contribution in [-0.2, 0) is 4.74 Å². The lowest BCUT2D eigenvalue weighted by molar-refractivity contribution is 0.145. The minimum Gasteiger partial charge on any atom is -0.386 e. The lowest BCUT2D eigenvalue weighted by Crippen LogP contribution is -2.33. The number of ether oxygens (including phenoxy) is 1. The molecule has 0 amide bonds. The number of thiophene rings is 1. The standard InChI is InChI=1S/C16H23N3O2S/c1-2-21-9-5-8-18-16(17)19-11-13(20)15-10-12-6-3-4-7-14(12)22-15/h3-4,6-7,10,13,20H,2,5,8-9,11H2,1H3,(H3,17,18,19). The van der Waals surface area contributed by atoms with Gasteiger partial charge in [-0.1, -0.05) is 18.2 Å². The lowest BCUT2D eigenvalue weighted by atomic mass is 10.2. The number of nitrogens with two attached hydrogens (primary N) is 1. The molecule has 1 heterocycles. The van der Waals surface area contributed by atoms with Crippen LogP contribution in [0.1, 0.15) is 24.3 Å². The molecule has 0 saturated heterocycles. The summed E-state index contributed by atoms with van der Waals surface area (Å²) >= 11 is 1.59. The average Bonchev–Trinajstić information content (AvgIpc) is 2.96. The van der Waals surface area contributed by atoms with Crippen molar-refractivity contribution in [2.45, 2.75) is 19.4 Å². The van der Waals surface area contributed by atoms with Crippen molar-refractivity contribution in [3.63, 3.8) is 0 Å². The molecule has 0 aliphatic heterocycles. The molecule has 4 N–H and O–H groups in total. The van der Waals surface area contributed by atoms with E-state index in [1.54, 1.807) is 11.3 Å². The van der Waals surface area contributed by atoms with E-state index in [4.69, 9.17) is 10.5 Å². The average molecular weight is 321 g/mol. The quantitative estimate of drug-likeness (QED) is 0.396. The second-order valence-corrected chi connectivity index (χ2v) is 6.02. The van der Waals surface area contributed by atoms with Crippen LogP contribution < -0.4 is 11.1 Å². The molecule has 5 nitrogen and oxygen atoms in total. The topological polar surface area (TPSA) is 79.9 Å². The number of guanidine groups is 1. The summed E-state index contributed by atoms with van der Waals surface area (Å²) in [4.78, 5) is 5.10. The minimum atomic E-state index is -0.624. The van der Waals surface area contributed by atoms with Crippen molar-refractivity contribution >= 4 is 27.4 Å². The molecular weight excluding hydrogens is 298 g/mol. The van der Waals surface area contributed by atoms with E-state index < -0.39 is 6.10 Å². The molecule has 22 heavy (non-hydrogen) atoms. The Labute approximate surface area is 134 Å². The number of benzene rings is 1. The van der Waals surface area contributed by atoms with E-state index in [0.29, 0.717) is 19.1 Å². The third-order valence-corrected chi connectivity index (χ3v) is 4.40. The van der Waals surface area contributed by atoms with Crippen molar-refractivity contribution < 1.29 is 9.84 Å². The maximum atomic E-state index is 10.2. The Morgan fingerprint density at radius 2 is 2.27 bits per heavy atom. The summed E-state index contributed by atoms with van der Waals surface area (Å²) in [5, 5.41) is 14.4. The molecular formula is C16H23N3O2S. The Hall–Kier alpha value is -1.63. The minimum absolute atomic E-state index is 0.261. The highest BCUT2D eigenvalue weighted by molar-refractivity contribution is 7.19. The number of nitrogens with one attached hydrogen (secondary N) is 1. The van der Waals surface area contributed by atoms with Crippen LogP contribution >= 0.6 is 11.3 Å². The van der Waals surface area contributed by atoms with Crippen molar-refractivity contribution in [2.24, 2.45) is 10.7 Å². The molecule has 0 fully saturated rings. The van der Waals surface area contributed by atoms with Gasteiger partial charge in [0.15, 0.2) is 5.96 Å². The van der Waals surface area contributed by atoms with Gasteiger partial charge in [-0.05, 0) is 30.9 Å². The van der Waals surface area contributed by atoms with Crippen LogP contribution in [0.3, 0.4) is 0 Å². The zero-order valence-electron chi connectivity index (χ0n) is 12.8. The van der Waals surface area contributed by atoms with Gasteiger partial charge in [0.25, 0.3) is 0 Å². The molecule has 1 atom stereocenters. The van der Waals surface area contributed by atoms with Crippen LogP contribution in [0.15, 0.2) is 35.3 Å². The van der Waals surface area contributed by atoms with Crippen LogP contribution in [0.2, 0.25) is 0 Å². The van der Waals surface area contributed by atoms with Gasteiger partial charge in [-0.2, -0.15) is 0 Å². The van der Waals surface area contributed by atoms with Crippen molar-refractivity contribution in [3.8, 4) is 0 Å². The van der Waals surface area contributed by atoms with Crippen LogP contribution in [0.5, 0.6) is 0 Å². The third-order valence-electron chi connectivity index (χ3n) is 3.18. The zero-order chi connectivity index (χ0) is 15.8. The Balaban J connectivity index is 1.80. The van der Waals surface area contributed by atoms with Gasteiger partial charge in [-0.25, -0.2) is 0 Å². The summed E-state index contributed by atoms with van der Waals surface area (Å²) in [5.41, 5.74) is 5.78. The summed E-state index contributed by atoms with van der Waals surface area (Å²) in [6.45, 7) is 4.39. The smallest absolute Gasteiger partial charge is 0.188 e. The molecule has 2 aromatic rings. The SMILES string of the molecule is CCOCCCNC(N)=NCC(O)c1cc2ccccc2s1. The Morgan fingerprint density at radius 3 is 3.05 bits per heavy atom. The summed E-state index contributed by atoms with van der Waals surface area (Å²) in [7, 11) is 0. The largest absolute Gasteiger partial charge is 0.386 e. The third kappa shape index (κ3) is 4.98. The first-order valence-corrected chi connectivity index (χ1v) is 8.30. The maximum absolute atomic E-state index is 10.2. The van der Waals surface area contributed by atoms with Gasteiger partial charge in [0.2, 0.25) is 0 Å². The van der Waals surface area contributed by atoms with E-state index in [-0.39, 0.29) is 6.54 Å². The number of hydrogen-bond acceptors (Lipinski definition) is 4. The first-order chi connectivity index (χ1) is 10.7. The summed E-state index contributed by atoms with van der Waals surface area (Å²) in [6.07, 6.45) is 0.254. The van der Waals surface area contributed by atoms with Gasteiger partial charge in [-0.15, -0.1) is 11.3 Å². The molecule has 120 valence electrons. The lowest BCUT2D eigenvalue weighted by Gasteiger charge is -2.08. The van der Waals surface area contributed by atoms with Crippen LogP contribution in [0.4, 0.5) is 0 Å². The highest BCUT2D eigenvalue weighted by atomic mass is 32.1. The summed E-state index contributed by atoms with van der Waals surface area (Å²) < 4.78 is 6.41. The van der Waals surface area contributed by atoms with Crippen LogP contribution in [-0.4, -0.2) is 37.4 Å². The Bertz CT molecular complexity index is 579. The van der Waals surface area contributed by atoms with E-state index >= 15 is 0 Å². The van der Waals surface area contributed by atoms with E-state index in [2.05, 4.69) is 10.3 Å². The normalized spacial score (nSPS) is 13.5. The van der Waals surface area contributed by atoms with E-state index in [0.717, 1.165) is 23.3 Å². The number of hydrogen-bond donors (Lipinski definition) is 3. The van der Waals surface area contributed by atoms with Crippen molar-refractivity contribution in [1.82, 2.24) is 5.32 Å². The number of fused-ring (bicyclic) bond motifs is 1. The molecule has 0 aliphatic rings. The highest BCUT2D eigenvalue weighted by Gasteiger charge is 2.10. The van der Waals surface area contributed by atoms with Crippen molar-refractivity contribution in [3.05, 3.63) is 35.2 Å². The molecule has 0 spiro atoms. The van der Waals surface area contributed by atoms with Gasteiger partial charge in [0, 0.05) is 29.3 Å². The van der Waals surface area contributed by atoms with E-state index in [1.807, 2.05) is 37.3 Å². The predicted molar refractivity (Wildman–Crippen MR) is 92.4 cm³/mol. The van der Waals surface area contributed by atoms with E-state index in [9.17, 15) is 5.11 Å². The number of nitrogens with zero attached hydrogens (tertiary/aromatic N) is 1. The molecule has 0 radical (unpaired) electrons. The Morgan fingerprint density at radius 1 is 1.45 bits per heavy atom. The van der Waals surface area contributed by atoms with Gasteiger partial charge in [-0.3, -0.25) is 4.99 Å². The highest BCUT2D eigenvalue weighted by Crippen LogP contribution is 2.29. The molecule has 6 heteroatoms. The fraction of sp³-hybridized carbons (Fsp3) is 0.438. The first kappa shape index (κ1) is 16.7. The van der Waals surface area contributed by atoms with Gasteiger partial charge in [0.05, 0.1) is 6.54 Å². The zero-order valence-corrected chi connectivity index (χ0v) is 13.6. The monoisotopic (exact) mass is 321 g/mol. The number of aliphatic hydroxyl groups excluding tert-OH is 1. The second kappa shape index (κ2) is 8.73. The molecule has 0 bridgehead atoms. The molecule has 1 aromatic heterocycles. The van der Waals surface area contributed by atoms with Crippen LogP contribution in [0, 0.1) is 0 Å². The maximum Gasteiger partial charge on any atom is 0.188 e. The van der Waals surface area contributed by atoms with Gasteiger partial charge >= 0.3 is 0 Å². The van der Waals surface area contributed by atoms with E-state index in [1.165, 1.54) is 4.70 Å². The summed E-state index contributed by atoms with van der Waals surface area (Å²) in [5.74, 6) is 0.358. The summed E-state index contributed by atoms with van der Waals surface area (Å²) in [6, 6.07) is 10.1. The first-order valence-electron chi connectivity index (χ1n) is 7.48. The van der Waals surface area contributed by atoms with Crippen molar-refractivity contribution in [1.29, 1.82) is 0 Å². The number of aliphatic imine (C=N–C) groups is 1. The van der Waals surface area contributed by atoms with Gasteiger partial charge < -0.3 is 20.9 Å². The Kier molecular flexibility index (Phi) is 6.64. The number of aliphatic hydroxyl groups is 1. The second-order valence-electron chi connectivity index (χ2n) is 4.91. The molecule has 2 rings (SSSR count). The van der Waals surface area contributed by atoms with Crippen molar-refractivity contribution in [2.75, 3.05) is 26.3 Å². The molecule has 0 saturated carbocycles. The molecule has 0 aliphatic carbocycles. The number of rotatable bonds is 8. The fourth-order valence-electron chi connectivity index (χ4n) is 2.03. The fourth-order valence-corrected chi connectivity index (χ4v) is 3.07. The van der Waals surface area contributed by atoms with Crippen LogP contribution in [0.25, 0.3) is 10.1 Å². The molecule has 1 unspecified atom stereocenters.